The molecular weight excluding hydrogens is 253 g/mol. The smallest absolute Gasteiger partial charge is 0.156 e. The van der Waals surface area contributed by atoms with Crippen LogP contribution in [0.5, 0.6) is 0 Å². The van der Waals surface area contributed by atoms with Gasteiger partial charge in [-0.15, -0.1) is 0 Å². The van der Waals surface area contributed by atoms with Gasteiger partial charge in [0.15, 0.2) is 5.82 Å². The molecule has 0 saturated carbocycles. The Morgan fingerprint density at radius 2 is 1.65 bits per heavy atom. The highest BCUT2D eigenvalue weighted by atomic mass is 19.1. The van der Waals surface area contributed by atoms with Gasteiger partial charge < -0.3 is 0 Å². The van der Waals surface area contributed by atoms with Gasteiger partial charge in [0.1, 0.15) is 17.8 Å². The van der Waals surface area contributed by atoms with E-state index in [9.17, 15) is 4.39 Å². The lowest BCUT2D eigenvalue weighted by Crippen LogP contribution is -2.01. The summed E-state index contributed by atoms with van der Waals surface area (Å²) in [5, 5.41) is 4.07. The molecule has 0 N–H and O–H groups in total. The highest BCUT2D eigenvalue weighted by molar-refractivity contribution is 5.67. The molecule has 0 aliphatic heterocycles. The molecule has 3 aromatic rings. The van der Waals surface area contributed by atoms with Crippen LogP contribution in [0.4, 0.5) is 4.39 Å². The van der Waals surface area contributed by atoms with Crippen molar-refractivity contribution >= 4 is 12.2 Å². The summed E-state index contributed by atoms with van der Waals surface area (Å²) in [6, 6.07) is 16.3. The molecule has 1 aromatic heterocycles. The highest BCUT2D eigenvalue weighted by Gasteiger charge is 2.07. The SMILES string of the molecule is Fc1ccccc1-n1ncnc1/C=C/c1ccccc1. The maximum atomic E-state index is 13.8. The number of aromatic nitrogens is 3. The summed E-state index contributed by atoms with van der Waals surface area (Å²) < 4.78 is 15.3. The molecule has 20 heavy (non-hydrogen) atoms. The predicted molar refractivity (Wildman–Crippen MR) is 76.7 cm³/mol. The van der Waals surface area contributed by atoms with Crippen molar-refractivity contribution in [2.24, 2.45) is 0 Å². The van der Waals surface area contributed by atoms with Gasteiger partial charge in [0, 0.05) is 0 Å². The van der Waals surface area contributed by atoms with Gasteiger partial charge in [-0.2, -0.15) is 5.10 Å². The first kappa shape index (κ1) is 12.3. The van der Waals surface area contributed by atoms with Crippen LogP contribution in [0.3, 0.4) is 0 Å². The monoisotopic (exact) mass is 265 g/mol. The lowest BCUT2D eigenvalue weighted by molar-refractivity contribution is 0.610. The lowest BCUT2D eigenvalue weighted by atomic mass is 10.2. The molecule has 0 radical (unpaired) electrons. The van der Waals surface area contributed by atoms with Crippen molar-refractivity contribution in [3.63, 3.8) is 0 Å². The zero-order valence-corrected chi connectivity index (χ0v) is 10.6. The van der Waals surface area contributed by atoms with Crippen LogP contribution in [0.25, 0.3) is 17.8 Å². The Labute approximate surface area is 116 Å². The largest absolute Gasteiger partial charge is 0.215 e. The zero-order valence-electron chi connectivity index (χ0n) is 10.6. The minimum Gasteiger partial charge on any atom is -0.215 e. The molecule has 4 heteroatoms. The van der Waals surface area contributed by atoms with E-state index in [0.29, 0.717) is 11.5 Å². The molecule has 0 saturated heterocycles. The summed E-state index contributed by atoms with van der Waals surface area (Å²) in [5.74, 6) is 0.256. The van der Waals surface area contributed by atoms with Crippen molar-refractivity contribution in [1.29, 1.82) is 0 Å². The van der Waals surface area contributed by atoms with Crippen LogP contribution in [-0.2, 0) is 0 Å². The first-order chi connectivity index (χ1) is 9.84. The van der Waals surface area contributed by atoms with Crippen molar-refractivity contribution in [3.05, 3.63) is 78.1 Å². The average Bonchev–Trinajstić information content (AvgIpc) is 2.95. The standard InChI is InChI=1S/C16H12FN3/c17-14-8-4-5-9-15(14)20-16(18-12-19-20)11-10-13-6-2-1-3-7-13/h1-12H/b11-10+. The molecule has 0 fully saturated rings. The van der Waals surface area contributed by atoms with Gasteiger partial charge >= 0.3 is 0 Å². The summed E-state index contributed by atoms with van der Waals surface area (Å²) in [4.78, 5) is 4.15. The number of para-hydroxylation sites is 1. The highest BCUT2D eigenvalue weighted by Crippen LogP contribution is 2.14. The van der Waals surface area contributed by atoms with Crippen molar-refractivity contribution in [2.75, 3.05) is 0 Å². The van der Waals surface area contributed by atoms with E-state index in [1.165, 1.54) is 17.1 Å². The second-order valence-corrected chi connectivity index (χ2v) is 4.23. The maximum absolute atomic E-state index is 13.8. The quantitative estimate of drug-likeness (QED) is 0.724. The van der Waals surface area contributed by atoms with Crippen molar-refractivity contribution in [3.8, 4) is 5.69 Å². The second kappa shape index (κ2) is 5.48. The summed E-state index contributed by atoms with van der Waals surface area (Å²) >= 11 is 0. The molecule has 0 unspecified atom stereocenters. The summed E-state index contributed by atoms with van der Waals surface area (Å²) in [5.41, 5.74) is 1.44. The summed E-state index contributed by atoms with van der Waals surface area (Å²) in [7, 11) is 0. The average molecular weight is 265 g/mol. The third-order valence-electron chi connectivity index (χ3n) is 2.88. The van der Waals surface area contributed by atoms with E-state index in [1.54, 1.807) is 18.2 Å². The van der Waals surface area contributed by atoms with E-state index < -0.39 is 0 Å². The molecule has 2 aromatic carbocycles. The molecule has 3 nitrogen and oxygen atoms in total. The molecule has 0 amide bonds. The van der Waals surface area contributed by atoms with Crippen molar-refractivity contribution in [1.82, 2.24) is 14.8 Å². The number of rotatable bonds is 3. The van der Waals surface area contributed by atoms with Crippen molar-refractivity contribution < 1.29 is 4.39 Å². The minimum atomic E-state index is -0.327. The molecule has 3 rings (SSSR count). The first-order valence-electron chi connectivity index (χ1n) is 6.22. The fourth-order valence-electron chi connectivity index (χ4n) is 1.91. The van der Waals surface area contributed by atoms with E-state index in [1.807, 2.05) is 42.5 Å². The predicted octanol–water partition coefficient (Wildman–Crippen LogP) is 3.58. The van der Waals surface area contributed by atoms with Gasteiger partial charge in [0.2, 0.25) is 0 Å². The van der Waals surface area contributed by atoms with Crippen LogP contribution in [0, 0.1) is 5.82 Å². The van der Waals surface area contributed by atoms with Crippen LogP contribution < -0.4 is 0 Å². The Hall–Kier alpha value is -2.75. The van der Waals surface area contributed by atoms with Crippen LogP contribution in [-0.4, -0.2) is 14.8 Å². The number of nitrogens with zero attached hydrogens (tertiary/aromatic N) is 3. The molecule has 98 valence electrons. The summed E-state index contributed by atoms with van der Waals surface area (Å²) in [6.07, 6.45) is 5.15. The van der Waals surface area contributed by atoms with Crippen molar-refractivity contribution in [2.45, 2.75) is 0 Å². The first-order valence-corrected chi connectivity index (χ1v) is 6.22. The van der Waals surface area contributed by atoms with Gasteiger partial charge in [-0.25, -0.2) is 14.1 Å². The van der Waals surface area contributed by atoms with E-state index >= 15 is 0 Å². The topological polar surface area (TPSA) is 30.7 Å². The van der Waals surface area contributed by atoms with Gasteiger partial charge in [-0.1, -0.05) is 48.5 Å². The Kier molecular flexibility index (Phi) is 3.37. The molecule has 0 atom stereocenters. The van der Waals surface area contributed by atoms with Gasteiger partial charge in [-0.3, -0.25) is 0 Å². The van der Waals surface area contributed by atoms with Crippen LogP contribution in [0.2, 0.25) is 0 Å². The van der Waals surface area contributed by atoms with Crippen LogP contribution in [0.15, 0.2) is 60.9 Å². The zero-order chi connectivity index (χ0) is 13.8. The number of hydrogen-bond donors (Lipinski definition) is 0. The molecular formula is C16H12FN3. The van der Waals surface area contributed by atoms with E-state index in [-0.39, 0.29) is 5.82 Å². The lowest BCUT2D eigenvalue weighted by Gasteiger charge is -2.04. The van der Waals surface area contributed by atoms with Gasteiger partial charge in [0.05, 0.1) is 0 Å². The fourth-order valence-corrected chi connectivity index (χ4v) is 1.91. The summed E-state index contributed by atoms with van der Waals surface area (Å²) in [6.45, 7) is 0. The Morgan fingerprint density at radius 1 is 0.900 bits per heavy atom. The minimum absolute atomic E-state index is 0.327. The Balaban J connectivity index is 1.96. The molecule has 0 bridgehead atoms. The number of hydrogen-bond acceptors (Lipinski definition) is 2. The van der Waals surface area contributed by atoms with E-state index in [0.717, 1.165) is 5.56 Å². The molecule has 0 aliphatic rings. The molecule has 0 aliphatic carbocycles. The Morgan fingerprint density at radius 3 is 2.45 bits per heavy atom. The maximum Gasteiger partial charge on any atom is 0.156 e. The third kappa shape index (κ3) is 2.49. The van der Waals surface area contributed by atoms with E-state index in [2.05, 4.69) is 10.1 Å². The second-order valence-electron chi connectivity index (χ2n) is 4.23. The van der Waals surface area contributed by atoms with Crippen LogP contribution >= 0.6 is 0 Å². The Bertz CT molecular complexity index is 732. The van der Waals surface area contributed by atoms with Crippen LogP contribution in [0.1, 0.15) is 11.4 Å². The van der Waals surface area contributed by atoms with Gasteiger partial charge in [0.25, 0.3) is 0 Å². The molecule has 0 spiro atoms. The third-order valence-corrected chi connectivity index (χ3v) is 2.88. The molecule has 1 heterocycles. The normalized spacial score (nSPS) is 11.1. The number of benzene rings is 2. The van der Waals surface area contributed by atoms with Gasteiger partial charge in [-0.05, 0) is 23.8 Å². The number of halogens is 1. The van der Waals surface area contributed by atoms with E-state index in [4.69, 9.17) is 0 Å². The fraction of sp³-hybridized carbons (Fsp3) is 0.